The highest BCUT2D eigenvalue weighted by molar-refractivity contribution is 7.20. The molecule has 1 aromatic carbocycles. The molecule has 1 aliphatic rings. The molecule has 2 heterocycles. The second kappa shape index (κ2) is 8.54. The number of nitrogens with zero attached hydrogens (tertiary/aromatic N) is 1. The molecule has 0 spiro atoms. The predicted octanol–water partition coefficient (Wildman–Crippen LogP) is 2.84. The van der Waals surface area contributed by atoms with Crippen LogP contribution in [0.5, 0.6) is 0 Å². The number of piperidine rings is 1. The molecule has 0 radical (unpaired) electrons. The van der Waals surface area contributed by atoms with Crippen molar-refractivity contribution in [2.45, 2.75) is 12.8 Å². The fourth-order valence-corrected chi connectivity index (χ4v) is 4.39. The smallest absolute Gasteiger partial charge is 0.331 e. The summed E-state index contributed by atoms with van der Waals surface area (Å²) >= 11 is 7.79. The van der Waals surface area contributed by atoms with E-state index in [9.17, 15) is 14.4 Å². The molecule has 1 saturated heterocycles. The van der Waals surface area contributed by atoms with Gasteiger partial charge in [0.2, 0.25) is 5.91 Å². The molecule has 142 valence electrons. The number of halogens is 1. The minimum absolute atomic E-state index is 0.277. The van der Waals surface area contributed by atoms with Crippen molar-refractivity contribution in [2.24, 2.45) is 11.7 Å². The summed E-state index contributed by atoms with van der Waals surface area (Å²) in [6.07, 6.45) is 4.23. The summed E-state index contributed by atoms with van der Waals surface area (Å²) < 4.78 is 6.04. The number of rotatable bonds is 5. The fraction of sp³-hybridized carbons (Fsp3) is 0.316. The number of carbonyl (C=O) groups is 3. The van der Waals surface area contributed by atoms with E-state index in [1.807, 2.05) is 24.3 Å². The summed E-state index contributed by atoms with van der Waals surface area (Å²) in [5, 5.41) is 1.52. The van der Waals surface area contributed by atoms with Gasteiger partial charge in [0.1, 0.15) is 0 Å². The number of benzene rings is 1. The van der Waals surface area contributed by atoms with E-state index in [0.717, 1.165) is 15.0 Å². The van der Waals surface area contributed by atoms with E-state index in [0.29, 0.717) is 24.4 Å². The van der Waals surface area contributed by atoms with Crippen molar-refractivity contribution in [3.05, 3.63) is 40.2 Å². The van der Waals surface area contributed by atoms with Gasteiger partial charge in [-0.2, -0.15) is 0 Å². The van der Waals surface area contributed by atoms with Crippen molar-refractivity contribution in [1.29, 1.82) is 0 Å². The van der Waals surface area contributed by atoms with Gasteiger partial charge in [0.25, 0.3) is 5.91 Å². The number of amides is 2. The molecule has 0 bridgehead atoms. The summed E-state index contributed by atoms with van der Waals surface area (Å²) in [7, 11) is 0. The Morgan fingerprint density at radius 2 is 2.11 bits per heavy atom. The first-order valence-electron chi connectivity index (χ1n) is 8.54. The van der Waals surface area contributed by atoms with Gasteiger partial charge in [0.15, 0.2) is 6.61 Å². The van der Waals surface area contributed by atoms with E-state index in [1.165, 1.54) is 22.3 Å². The Bertz CT molecular complexity index is 908. The highest BCUT2D eigenvalue weighted by Gasteiger charge is 2.27. The van der Waals surface area contributed by atoms with Crippen LogP contribution in [0.2, 0.25) is 5.02 Å². The molecule has 1 fully saturated rings. The van der Waals surface area contributed by atoms with Gasteiger partial charge in [0.05, 0.1) is 10.9 Å². The molecule has 2 amide bonds. The molecule has 1 aliphatic heterocycles. The second-order valence-corrected chi connectivity index (χ2v) is 7.76. The number of primary amides is 1. The molecule has 8 heteroatoms. The van der Waals surface area contributed by atoms with Gasteiger partial charge < -0.3 is 15.4 Å². The molecule has 0 unspecified atom stereocenters. The van der Waals surface area contributed by atoms with E-state index in [-0.39, 0.29) is 25.0 Å². The monoisotopic (exact) mass is 406 g/mol. The molecule has 2 N–H and O–H groups in total. The van der Waals surface area contributed by atoms with E-state index in [1.54, 1.807) is 6.08 Å². The van der Waals surface area contributed by atoms with Crippen LogP contribution in [0.1, 0.15) is 17.7 Å². The van der Waals surface area contributed by atoms with Crippen molar-refractivity contribution in [1.82, 2.24) is 4.90 Å². The number of ether oxygens (including phenoxy) is 1. The largest absolute Gasteiger partial charge is 0.452 e. The van der Waals surface area contributed by atoms with Crippen molar-refractivity contribution >= 4 is 56.9 Å². The Balaban J connectivity index is 1.54. The molecule has 0 saturated carbocycles. The lowest BCUT2D eigenvalue weighted by atomic mass is 9.97. The standard InChI is InChI=1S/C19H19ClN2O4S/c20-18-13-5-1-2-6-14(13)27-15(18)7-8-17(24)26-11-16(23)22-9-3-4-12(10-22)19(21)25/h1-2,5-8,12H,3-4,9-11H2,(H2,21,25)/b8-7+/t12-/m1/s1. The molecule has 0 aliphatic carbocycles. The van der Waals surface area contributed by atoms with Crippen LogP contribution in [0.25, 0.3) is 16.2 Å². The number of esters is 1. The number of hydrogen-bond donors (Lipinski definition) is 1. The summed E-state index contributed by atoms with van der Waals surface area (Å²) in [5.74, 6) is -1.70. The second-order valence-electron chi connectivity index (χ2n) is 6.30. The third-order valence-electron chi connectivity index (χ3n) is 4.44. The van der Waals surface area contributed by atoms with Crippen LogP contribution in [0, 0.1) is 5.92 Å². The van der Waals surface area contributed by atoms with E-state index >= 15 is 0 Å². The maximum atomic E-state index is 12.2. The highest BCUT2D eigenvalue weighted by atomic mass is 35.5. The zero-order valence-electron chi connectivity index (χ0n) is 14.5. The van der Waals surface area contributed by atoms with E-state index in [4.69, 9.17) is 22.1 Å². The zero-order chi connectivity index (χ0) is 19.4. The van der Waals surface area contributed by atoms with Crippen LogP contribution in [0.4, 0.5) is 0 Å². The van der Waals surface area contributed by atoms with Gasteiger partial charge in [-0.15, -0.1) is 11.3 Å². The average Bonchev–Trinajstić information content (AvgIpc) is 3.00. The van der Waals surface area contributed by atoms with Crippen LogP contribution in [-0.4, -0.2) is 42.4 Å². The molecule has 2 aromatic rings. The third-order valence-corrected chi connectivity index (χ3v) is 6.10. The predicted molar refractivity (Wildman–Crippen MR) is 105 cm³/mol. The van der Waals surface area contributed by atoms with Crippen LogP contribution in [0.3, 0.4) is 0 Å². The van der Waals surface area contributed by atoms with Crippen LogP contribution in [0.15, 0.2) is 30.3 Å². The van der Waals surface area contributed by atoms with Crippen molar-refractivity contribution in [2.75, 3.05) is 19.7 Å². The average molecular weight is 407 g/mol. The molecular formula is C19H19ClN2O4S. The normalized spacial score (nSPS) is 17.4. The summed E-state index contributed by atoms with van der Waals surface area (Å²) in [6, 6.07) is 7.70. The number of nitrogens with two attached hydrogens (primary N) is 1. The molecule has 3 rings (SSSR count). The highest BCUT2D eigenvalue weighted by Crippen LogP contribution is 2.35. The lowest BCUT2D eigenvalue weighted by molar-refractivity contribution is -0.149. The number of thiophene rings is 1. The van der Waals surface area contributed by atoms with Crippen molar-refractivity contribution < 1.29 is 19.1 Å². The van der Waals surface area contributed by atoms with Crippen molar-refractivity contribution in [3.63, 3.8) is 0 Å². The zero-order valence-corrected chi connectivity index (χ0v) is 16.1. The first-order valence-corrected chi connectivity index (χ1v) is 9.74. The van der Waals surface area contributed by atoms with Gasteiger partial charge in [-0.3, -0.25) is 9.59 Å². The molecule has 27 heavy (non-hydrogen) atoms. The third kappa shape index (κ3) is 4.67. The lowest BCUT2D eigenvalue weighted by Crippen LogP contribution is -2.45. The number of fused-ring (bicyclic) bond motifs is 1. The molecular weight excluding hydrogens is 388 g/mol. The van der Waals surface area contributed by atoms with Gasteiger partial charge >= 0.3 is 5.97 Å². The SMILES string of the molecule is NC(=O)[C@@H]1CCCN(C(=O)COC(=O)/C=C/c2sc3ccccc3c2Cl)C1. The summed E-state index contributed by atoms with van der Waals surface area (Å²) in [4.78, 5) is 37.6. The molecule has 1 atom stereocenters. The van der Waals surface area contributed by atoms with Gasteiger partial charge in [-0.05, 0) is 25.0 Å². The van der Waals surface area contributed by atoms with Gasteiger partial charge in [-0.1, -0.05) is 29.8 Å². The van der Waals surface area contributed by atoms with Crippen LogP contribution >= 0.6 is 22.9 Å². The Morgan fingerprint density at radius 1 is 1.33 bits per heavy atom. The van der Waals surface area contributed by atoms with E-state index < -0.39 is 11.9 Å². The Kier molecular flexibility index (Phi) is 6.13. The van der Waals surface area contributed by atoms with Gasteiger partial charge in [0, 0.05) is 34.1 Å². The first-order chi connectivity index (χ1) is 13.0. The molecule has 6 nitrogen and oxygen atoms in total. The Hall–Kier alpha value is -2.38. The Labute approximate surface area is 165 Å². The summed E-state index contributed by atoms with van der Waals surface area (Å²) in [5.41, 5.74) is 5.31. The lowest BCUT2D eigenvalue weighted by Gasteiger charge is -2.30. The topological polar surface area (TPSA) is 89.7 Å². The number of likely N-dealkylation sites (tertiary alicyclic amines) is 1. The van der Waals surface area contributed by atoms with Crippen LogP contribution in [-0.2, 0) is 19.1 Å². The molecule has 1 aromatic heterocycles. The quantitative estimate of drug-likeness (QED) is 0.610. The minimum atomic E-state index is -0.625. The first kappa shape index (κ1) is 19.4. The maximum absolute atomic E-state index is 12.2. The Morgan fingerprint density at radius 3 is 2.85 bits per heavy atom. The number of carbonyl (C=O) groups excluding carboxylic acids is 3. The van der Waals surface area contributed by atoms with Crippen LogP contribution < -0.4 is 5.73 Å². The van der Waals surface area contributed by atoms with E-state index in [2.05, 4.69) is 0 Å². The summed E-state index contributed by atoms with van der Waals surface area (Å²) in [6.45, 7) is 0.446. The maximum Gasteiger partial charge on any atom is 0.331 e. The number of hydrogen-bond acceptors (Lipinski definition) is 5. The minimum Gasteiger partial charge on any atom is -0.452 e. The fourth-order valence-electron chi connectivity index (χ4n) is 2.99. The van der Waals surface area contributed by atoms with Gasteiger partial charge in [-0.25, -0.2) is 4.79 Å². The van der Waals surface area contributed by atoms with Crippen molar-refractivity contribution in [3.8, 4) is 0 Å².